The summed E-state index contributed by atoms with van der Waals surface area (Å²) in [6.07, 6.45) is 0.195. The first-order valence-electron chi connectivity index (χ1n) is 6.41. The highest BCUT2D eigenvalue weighted by Crippen LogP contribution is 2.12. The number of benzene rings is 1. The summed E-state index contributed by atoms with van der Waals surface area (Å²) in [7, 11) is 0. The van der Waals surface area contributed by atoms with Crippen LogP contribution in [0.2, 0.25) is 0 Å². The fraction of sp³-hybridized carbons (Fsp3) is 0.429. The van der Waals surface area contributed by atoms with Gasteiger partial charge in [-0.25, -0.2) is 13.6 Å². The predicted molar refractivity (Wildman–Crippen MR) is 72.7 cm³/mol. The van der Waals surface area contributed by atoms with Gasteiger partial charge in [0, 0.05) is 30.1 Å². The molecule has 0 aliphatic heterocycles. The molecule has 0 unspecified atom stereocenters. The molecule has 0 heterocycles. The van der Waals surface area contributed by atoms with E-state index in [9.17, 15) is 18.4 Å². The number of aliphatic carboxylic acids is 1. The number of halogens is 2. The lowest BCUT2D eigenvalue weighted by Crippen LogP contribution is -2.48. The van der Waals surface area contributed by atoms with Crippen molar-refractivity contribution in [3.63, 3.8) is 0 Å². The lowest BCUT2D eigenvalue weighted by molar-refractivity contribution is -0.137. The number of carbonyl (C=O) groups excluding carboxylic acids is 1. The van der Waals surface area contributed by atoms with Gasteiger partial charge in [0.1, 0.15) is 11.6 Å². The van der Waals surface area contributed by atoms with Gasteiger partial charge >= 0.3 is 12.0 Å². The Labute approximate surface area is 121 Å². The van der Waals surface area contributed by atoms with Crippen LogP contribution in [0.25, 0.3) is 0 Å². The molecule has 0 aliphatic carbocycles. The molecule has 0 bridgehead atoms. The number of hydrogen-bond acceptors (Lipinski definition) is 2. The molecule has 0 spiro atoms. The highest BCUT2D eigenvalue weighted by atomic mass is 19.1. The van der Waals surface area contributed by atoms with Gasteiger partial charge in [0.15, 0.2) is 0 Å². The zero-order valence-corrected chi connectivity index (χ0v) is 11.9. The number of urea groups is 1. The first-order chi connectivity index (χ1) is 9.69. The maximum absolute atomic E-state index is 13.4. The quantitative estimate of drug-likeness (QED) is 0.755. The summed E-state index contributed by atoms with van der Waals surface area (Å²) in [4.78, 5) is 22.2. The Bertz CT molecular complexity index is 533. The van der Waals surface area contributed by atoms with Crippen molar-refractivity contribution in [3.05, 3.63) is 35.4 Å². The summed E-state index contributed by atoms with van der Waals surface area (Å²) >= 11 is 0. The molecule has 1 rings (SSSR count). The van der Waals surface area contributed by atoms with E-state index in [1.165, 1.54) is 6.07 Å². The number of carboxylic acid groups (broad SMARTS) is 1. The molecule has 1 aromatic carbocycles. The van der Waals surface area contributed by atoms with Crippen molar-refractivity contribution in [1.82, 2.24) is 10.6 Å². The third kappa shape index (κ3) is 6.20. The first kappa shape index (κ1) is 16.9. The number of amides is 2. The lowest BCUT2D eigenvalue weighted by atomic mass is 9.99. The molecule has 7 heteroatoms. The van der Waals surface area contributed by atoms with Gasteiger partial charge in [-0.15, -0.1) is 0 Å². The first-order valence-corrected chi connectivity index (χ1v) is 6.41. The van der Waals surface area contributed by atoms with Crippen molar-refractivity contribution in [1.29, 1.82) is 0 Å². The Morgan fingerprint density at radius 2 is 1.95 bits per heavy atom. The van der Waals surface area contributed by atoms with E-state index in [4.69, 9.17) is 5.11 Å². The van der Waals surface area contributed by atoms with Gasteiger partial charge in [-0.3, -0.25) is 4.79 Å². The van der Waals surface area contributed by atoms with Gasteiger partial charge in [-0.1, -0.05) is 6.07 Å². The van der Waals surface area contributed by atoms with Crippen LogP contribution in [-0.4, -0.2) is 22.6 Å². The molecule has 0 radical (unpaired) electrons. The Hall–Kier alpha value is -2.18. The minimum absolute atomic E-state index is 0.0696. The van der Waals surface area contributed by atoms with Crippen molar-refractivity contribution >= 4 is 12.0 Å². The highest BCUT2D eigenvalue weighted by Gasteiger charge is 2.21. The van der Waals surface area contributed by atoms with E-state index < -0.39 is 29.2 Å². The summed E-state index contributed by atoms with van der Waals surface area (Å²) in [5, 5.41) is 13.7. The van der Waals surface area contributed by atoms with Crippen LogP contribution >= 0.6 is 0 Å². The topological polar surface area (TPSA) is 78.4 Å². The lowest BCUT2D eigenvalue weighted by Gasteiger charge is -2.25. The van der Waals surface area contributed by atoms with Crippen LogP contribution in [0.4, 0.5) is 13.6 Å². The fourth-order valence-corrected chi connectivity index (χ4v) is 1.67. The summed E-state index contributed by atoms with van der Waals surface area (Å²) in [5.41, 5.74) is -0.543. The second-order valence-corrected chi connectivity index (χ2v) is 5.32. The average Bonchev–Trinajstić information content (AvgIpc) is 2.35. The molecule has 0 atom stereocenters. The molecule has 0 saturated heterocycles. The summed E-state index contributed by atoms with van der Waals surface area (Å²) in [6, 6.07) is 2.55. The van der Waals surface area contributed by atoms with Gasteiger partial charge < -0.3 is 15.7 Å². The van der Waals surface area contributed by atoms with Crippen LogP contribution < -0.4 is 10.6 Å². The molecule has 2 amide bonds. The fourth-order valence-electron chi connectivity index (χ4n) is 1.67. The Morgan fingerprint density at radius 3 is 2.52 bits per heavy atom. The normalized spacial score (nSPS) is 11.0. The van der Waals surface area contributed by atoms with Crippen LogP contribution in [0.1, 0.15) is 32.3 Å². The maximum atomic E-state index is 13.4. The van der Waals surface area contributed by atoms with Crippen LogP contribution in [0, 0.1) is 11.6 Å². The van der Waals surface area contributed by atoms with Crippen molar-refractivity contribution in [2.24, 2.45) is 0 Å². The number of rotatable bonds is 6. The largest absolute Gasteiger partial charge is 0.481 e. The molecular weight excluding hydrogens is 282 g/mol. The molecule has 0 saturated carbocycles. The van der Waals surface area contributed by atoms with Crippen LogP contribution in [0.15, 0.2) is 18.2 Å². The standard InChI is InChI=1S/C14H18F2N2O3/c1-14(2,6-5-12(19)20)18-13(21)17-8-9-3-4-10(15)7-11(9)16/h3-4,7H,5-6,8H2,1-2H3,(H,19,20)(H2,17,18,21). The number of hydrogen-bond donors (Lipinski definition) is 3. The number of nitrogens with one attached hydrogen (secondary N) is 2. The van der Waals surface area contributed by atoms with E-state index in [0.29, 0.717) is 0 Å². The van der Waals surface area contributed by atoms with Gasteiger partial charge in [0.2, 0.25) is 0 Å². The minimum atomic E-state index is -0.946. The van der Waals surface area contributed by atoms with E-state index >= 15 is 0 Å². The van der Waals surface area contributed by atoms with Crippen LogP contribution in [0.5, 0.6) is 0 Å². The van der Waals surface area contributed by atoms with E-state index in [1.807, 2.05) is 0 Å². The van der Waals surface area contributed by atoms with Crippen molar-refractivity contribution in [2.45, 2.75) is 38.8 Å². The van der Waals surface area contributed by atoms with E-state index in [1.54, 1.807) is 13.8 Å². The molecule has 1 aromatic rings. The minimum Gasteiger partial charge on any atom is -0.481 e. The summed E-state index contributed by atoms with van der Waals surface area (Å²) in [5.74, 6) is -2.37. The SMILES string of the molecule is CC(C)(CCC(=O)O)NC(=O)NCc1ccc(F)cc1F. The third-order valence-corrected chi connectivity index (χ3v) is 2.87. The van der Waals surface area contributed by atoms with Crippen molar-refractivity contribution < 1.29 is 23.5 Å². The molecule has 3 N–H and O–H groups in total. The van der Waals surface area contributed by atoms with Gasteiger partial charge in [0.05, 0.1) is 0 Å². The molecule has 116 valence electrons. The third-order valence-electron chi connectivity index (χ3n) is 2.87. The maximum Gasteiger partial charge on any atom is 0.315 e. The summed E-state index contributed by atoms with van der Waals surface area (Å²) < 4.78 is 26.1. The predicted octanol–water partition coefficient (Wildman–Crippen LogP) is 2.41. The van der Waals surface area contributed by atoms with Gasteiger partial charge in [-0.2, -0.15) is 0 Å². The zero-order valence-electron chi connectivity index (χ0n) is 11.9. The van der Waals surface area contributed by atoms with Gasteiger partial charge in [0.25, 0.3) is 0 Å². The second-order valence-electron chi connectivity index (χ2n) is 5.32. The van der Waals surface area contributed by atoms with Crippen LogP contribution in [0.3, 0.4) is 0 Å². The van der Waals surface area contributed by atoms with Crippen molar-refractivity contribution in [3.8, 4) is 0 Å². The number of carbonyl (C=O) groups is 2. The molecule has 0 aromatic heterocycles. The Kier molecular flexibility index (Phi) is 5.63. The van der Waals surface area contributed by atoms with Gasteiger partial charge in [-0.05, 0) is 26.3 Å². The number of carboxylic acids is 1. The second kappa shape index (κ2) is 7.01. The molecule has 5 nitrogen and oxygen atoms in total. The van der Waals surface area contributed by atoms with E-state index in [0.717, 1.165) is 12.1 Å². The highest BCUT2D eigenvalue weighted by molar-refractivity contribution is 5.75. The average molecular weight is 300 g/mol. The Morgan fingerprint density at radius 1 is 1.29 bits per heavy atom. The molecule has 0 aliphatic rings. The zero-order chi connectivity index (χ0) is 16.0. The summed E-state index contributed by atoms with van der Waals surface area (Å²) in [6.45, 7) is 3.29. The van der Waals surface area contributed by atoms with E-state index in [2.05, 4.69) is 10.6 Å². The Balaban J connectivity index is 2.48. The molecule has 0 fully saturated rings. The molecular formula is C14H18F2N2O3. The van der Waals surface area contributed by atoms with Crippen LogP contribution in [-0.2, 0) is 11.3 Å². The van der Waals surface area contributed by atoms with E-state index in [-0.39, 0.29) is 24.9 Å². The monoisotopic (exact) mass is 300 g/mol. The smallest absolute Gasteiger partial charge is 0.315 e. The van der Waals surface area contributed by atoms with Crippen molar-refractivity contribution in [2.75, 3.05) is 0 Å². The molecule has 21 heavy (non-hydrogen) atoms.